The molecule has 0 unspecified atom stereocenters. The zero-order chi connectivity index (χ0) is 13.0. The summed E-state index contributed by atoms with van der Waals surface area (Å²) in [7, 11) is 0. The normalized spacial score (nSPS) is 14.3. The van der Waals surface area contributed by atoms with Crippen LogP contribution in [0.15, 0.2) is 22.7 Å². The van der Waals surface area contributed by atoms with Crippen LogP contribution in [0.2, 0.25) is 0 Å². The van der Waals surface area contributed by atoms with Crippen LogP contribution in [0.5, 0.6) is 5.75 Å². The Morgan fingerprint density at radius 3 is 2.89 bits per heavy atom. The van der Waals surface area contributed by atoms with Crippen LogP contribution in [-0.4, -0.2) is 24.4 Å². The molecule has 2 rings (SSSR count). The molecule has 0 fully saturated rings. The second-order valence-corrected chi connectivity index (χ2v) is 5.90. The Balaban J connectivity index is 2.09. The quantitative estimate of drug-likeness (QED) is 0.578. The van der Waals surface area contributed by atoms with Gasteiger partial charge >= 0.3 is 0 Å². The van der Waals surface area contributed by atoms with Gasteiger partial charge in [0.1, 0.15) is 5.75 Å². The first-order valence-corrected chi connectivity index (χ1v) is 7.92. The van der Waals surface area contributed by atoms with E-state index >= 15 is 0 Å². The number of anilines is 1. The number of halogens is 2. The van der Waals surface area contributed by atoms with Crippen LogP contribution in [0, 0.1) is 0 Å². The lowest BCUT2D eigenvalue weighted by Gasteiger charge is -2.29. The number of nitrogens with zero attached hydrogens (tertiary/aromatic N) is 1. The van der Waals surface area contributed by atoms with Gasteiger partial charge in [-0.1, -0.05) is 38.3 Å². The third kappa shape index (κ3) is 3.26. The molecule has 0 bridgehead atoms. The van der Waals surface area contributed by atoms with Crippen LogP contribution in [0.4, 0.5) is 5.69 Å². The summed E-state index contributed by atoms with van der Waals surface area (Å²) in [6.45, 7) is 0.908. The molecule has 98 valence electrons. The summed E-state index contributed by atoms with van der Waals surface area (Å²) in [6, 6.07) is 5.77. The van der Waals surface area contributed by atoms with Crippen LogP contribution in [-0.2, 0) is 4.79 Å². The summed E-state index contributed by atoms with van der Waals surface area (Å²) in [5.41, 5.74) is 0.875. The van der Waals surface area contributed by atoms with Crippen molar-refractivity contribution in [3.05, 3.63) is 22.7 Å². The average Bonchev–Trinajstić information content (AvgIpc) is 2.36. The fraction of sp³-hybridized carbons (Fsp3) is 0.462. The highest BCUT2D eigenvalue weighted by atomic mass is 79.9. The summed E-state index contributed by atoms with van der Waals surface area (Å²) in [5, 5.41) is 1.02. The molecule has 1 aromatic carbocycles. The highest BCUT2D eigenvalue weighted by Gasteiger charge is 2.24. The van der Waals surface area contributed by atoms with Crippen molar-refractivity contribution in [2.75, 3.05) is 23.4 Å². The highest BCUT2D eigenvalue weighted by molar-refractivity contribution is 9.10. The second-order valence-electron chi connectivity index (χ2n) is 4.20. The first-order valence-electron chi connectivity index (χ1n) is 6.01. The van der Waals surface area contributed by atoms with Crippen LogP contribution in [0.3, 0.4) is 0 Å². The zero-order valence-corrected chi connectivity index (χ0v) is 13.2. The molecule has 18 heavy (non-hydrogen) atoms. The summed E-state index contributed by atoms with van der Waals surface area (Å²) >= 11 is 6.85. The molecule has 0 saturated heterocycles. The minimum Gasteiger partial charge on any atom is -0.482 e. The van der Waals surface area contributed by atoms with Gasteiger partial charge in [0.15, 0.2) is 6.61 Å². The molecule has 1 aliphatic heterocycles. The molecule has 1 aromatic rings. The van der Waals surface area contributed by atoms with E-state index in [1.165, 1.54) is 0 Å². The number of hydrogen-bond donors (Lipinski definition) is 0. The van der Waals surface area contributed by atoms with Gasteiger partial charge in [0.2, 0.25) is 0 Å². The van der Waals surface area contributed by atoms with Crippen molar-refractivity contribution in [1.29, 1.82) is 0 Å². The molecule has 0 saturated carbocycles. The monoisotopic (exact) mass is 375 g/mol. The van der Waals surface area contributed by atoms with Gasteiger partial charge < -0.3 is 9.64 Å². The Bertz CT molecular complexity index is 437. The van der Waals surface area contributed by atoms with Gasteiger partial charge in [0.25, 0.3) is 5.91 Å². The van der Waals surface area contributed by atoms with E-state index in [0.29, 0.717) is 0 Å². The van der Waals surface area contributed by atoms with Crippen molar-refractivity contribution in [3.8, 4) is 5.75 Å². The predicted molar refractivity (Wildman–Crippen MR) is 79.6 cm³/mol. The average molecular weight is 377 g/mol. The third-order valence-electron chi connectivity index (χ3n) is 2.88. The maximum Gasteiger partial charge on any atom is 0.265 e. The van der Waals surface area contributed by atoms with Gasteiger partial charge in [-0.25, -0.2) is 0 Å². The number of hydrogen-bond acceptors (Lipinski definition) is 2. The number of alkyl halides is 1. The largest absolute Gasteiger partial charge is 0.482 e. The van der Waals surface area contributed by atoms with Gasteiger partial charge in [-0.05, 0) is 31.0 Å². The van der Waals surface area contributed by atoms with Gasteiger partial charge in [0.05, 0.1) is 5.69 Å². The van der Waals surface area contributed by atoms with Gasteiger partial charge in [-0.15, -0.1) is 0 Å². The van der Waals surface area contributed by atoms with Crippen LogP contribution < -0.4 is 9.64 Å². The Morgan fingerprint density at radius 2 is 2.11 bits per heavy atom. The van der Waals surface area contributed by atoms with Crippen molar-refractivity contribution < 1.29 is 9.53 Å². The number of ether oxygens (including phenoxy) is 1. The van der Waals surface area contributed by atoms with Crippen LogP contribution in [0.1, 0.15) is 19.3 Å². The molecular weight excluding hydrogens is 362 g/mol. The fourth-order valence-electron chi connectivity index (χ4n) is 1.96. The summed E-state index contributed by atoms with van der Waals surface area (Å²) < 4.78 is 6.39. The maximum absolute atomic E-state index is 11.9. The lowest BCUT2D eigenvalue weighted by molar-refractivity contribution is -0.121. The number of unbranched alkanes of at least 4 members (excludes halogenated alkanes) is 2. The molecule has 5 heteroatoms. The van der Waals surface area contributed by atoms with E-state index in [1.54, 1.807) is 0 Å². The van der Waals surface area contributed by atoms with E-state index in [1.807, 2.05) is 23.1 Å². The maximum atomic E-state index is 11.9. The molecule has 0 radical (unpaired) electrons. The third-order valence-corrected chi connectivity index (χ3v) is 3.93. The zero-order valence-electron chi connectivity index (χ0n) is 9.99. The first kappa shape index (κ1) is 13.9. The number of carbonyl (C=O) groups is 1. The topological polar surface area (TPSA) is 29.5 Å². The highest BCUT2D eigenvalue weighted by Crippen LogP contribution is 2.34. The summed E-state index contributed by atoms with van der Waals surface area (Å²) in [4.78, 5) is 13.7. The van der Waals surface area contributed by atoms with E-state index in [9.17, 15) is 4.79 Å². The van der Waals surface area contributed by atoms with Crippen LogP contribution >= 0.6 is 31.9 Å². The predicted octanol–water partition coefficient (Wildman–Crippen LogP) is 3.74. The molecule has 0 aliphatic carbocycles. The smallest absolute Gasteiger partial charge is 0.265 e. The fourth-order valence-corrected chi connectivity index (χ4v) is 2.71. The lowest BCUT2D eigenvalue weighted by atomic mass is 10.2. The summed E-state index contributed by atoms with van der Waals surface area (Å²) in [6.07, 6.45) is 3.28. The Labute approximate surface area is 124 Å². The molecule has 1 heterocycles. The van der Waals surface area contributed by atoms with Crippen molar-refractivity contribution in [2.24, 2.45) is 0 Å². The van der Waals surface area contributed by atoms with Gasteiger partial charge in [-0.3, -0.25) is 4.79 Å². The molecule has 0 aromatic heterocycles. The molecule has 0 N–H and O–H groups in total. The molecule has 0 spiro atoms. The number of fused-ring (bicyclic) bond motifs is 1. The summed E-state index contributed by atoms with van der Waals surface area (Å²) in [5.74, 6) is 0.831. The van der Waals surface area contributed by atoms with Gasteiger partial charge in [0, 0.05) is 16.3 Å². The number of benzene rings is 1. The number of rotatable bonds is 5. The number of amides is 1. The van der Waals surface area contributed by atoms with Crippen molar-refractivity contribution >= 4 is 43.5 Å². The Hall–Kier alpha value is -0.550. The van der Waals surface area contributed by atoms with E-state index in [4.69, 9.17) is 4.74 Å². The Morgan fingerprint density at radius 1 is 1.28 bits per heavy atom. The van der Waals surface area contributed by atoms with E-state index in [-0.39, 0.29) is 12.5 Å². The molecular formula is C13H15Br2NO2. The van der Waals surface area contributed by atoms with E-state index in [0.717, 1.165) is 47.0 Å². The van der Waals surface area contributed by atoms with E-state index < -0.39 is 0 Å². The van der Waals surface area contributed by atoms with Crippen molar-refractivity contribution in [1.82, 2.24) is 0 Å². The van der Waals surface area contributed by atoms with Crippen molar-refractivity contribution in [2.45, 2.75) is 19.3 Å². The molecule has 3 nitrogen and oxygen atoms in total. The minimum absolute atomic E-state index is 0.0412. The SMILES string of the molecule is O=C1COc2ccc(Br)cc2N1CCCCCBr. The van der Waals surface area contributed by atoms with Crippen molar-refractivity contribution in [3.63, 3.8) is 0 Å². The molecule has 1 amide bonds. The minimum atomic E-state index is 0.0412. The molecule has 0 atom stereocenters. The van der Waals surface area contributed by atoms with Gasteiger partial charge in [-0.2, -0.15) is 0 Å². The first-order chi connectivity index (χ1) is 8.72. The molecule has 1 aliphatic rings. The van der Waals surface area contributed by atoms with E-state index in [2.05, 4.69) is 31.9 Å². The second kappa shape index (κ2) is 6.57. The lowest BCUT2D eigenvalue weighted by Crippen LogP contribution is -2.39. The standard InChI is InChI=1S/C13H15Br2NO2/c14-6-2-1-3-7-16-11-8-10(15)4-5-12(11)18-9-13(16)17/h4-5,8H,1-3,6-7,9H2. The number of carbonyl (C=O) groups excluding carboxylic acids is 1. The van der Waals surface area contributed by atoms with Crippen LogP contribution in [0.25, 0.3) is 0 Å². The Kier molecular flexibility index (Phi) is 5.06.